The van der Waals surface area contributed by atoms with Gasteiger partial charge in [0, 0.05) is 0 Å². The van der Waals surface area contributed by atoms with Gasteiger partial charge in [-0.3, -0.25) is 9.59 Å². The highest BCUT2D eigenvalue weighted by molar-refractivity contribution is 7.18. The molecule has 4 nitrogen and oxygen atoms in total. The van der Waals surface area contributed by atoms with Crippen LogP contribution in [0.25, 0.3) is 10.2 Å². The Kier molecular flexibility index (Phi) is 5.63. The van der Waals surface area contributed by atoms with Crippen molar-refractivity contribution < 1.29 is 9.59 Å². The summed E-state index contributed by atoms with van der Waals surface area (Å²) in [5.41, 5.74) is 0.912. The molecule has 0 unspecified atom stereocenters. The predicted octanol–water partition coefficient (Wildman–Crippen LogP) is 4.85. The number of carbonyl (C=O) groups is 2. The first kappa shape index (κ1) is 19.5. The molecule has 27 heavy (non-hydrogen) atoms. The predicted molar refractivity (Wildman–Crippen MR) is 110 cm³/mol. The molecule has 2 aromatic carbocycles. The smallest absolute Gasteiger partial charge is 0.228 e. The lowest BCUT2D eigenvalue weighted by molar-refractivity contribution is -0.140. The van der Waals surface area contributed by atoms with Crippen molar-refractivity contribution in [1.82, 2.24) is 9.88 Å². The summed E-state index contributed by atoms with van der Waals surface area (Å²) in [6, 6.07) is 15.2. The number of thiazole rings is 1. The van der Waals surface area contributed by atoms with Gasteiger partial charge in [-0.1, -0.05) is 48.0 Å². The van der Waals surface area contributed by atoms with Gasteiger partial charge in [-0.25, -0.2) is 4.98 Å². The van der Waals surface area contributed by atoms with Crippen molar-refractivity contribution in [3.63, 3.8) is 0 Å². The maximum Gasteiger partial charge on any atom is 0.228 e. The molecule has 0 atom stereocenters. The molecule has 0 aliphatic heterocycles. The molecule has 0 saturated carbocycles. The number of rotatable bonds is 6. The van der Waals surface area contributed by atoms with E-state index in [0.717, 1.165) is 20.8 Å². The van der Waals surface area contributed by atoms with Gasteiger partial charge in [-0.05, 0) is 38.5 Å². The molecule has 0 aliphatic carbocycles. The Labute approximate surface area is 167 Å². The molecule has 0 N–H and O–H groups in total. The normalized spacial score (nSPS) is 11.6. The first-order valence-electron chi connectivity index (χ1n) is 8.68. The second-order valence-corrected chi connectivity index (χ2v) is 8.45. The number of hydrogen-bond acceptors (Lipinski definition) is 4. The lowest BCUT2D eigenvalue weighted by Gasteiger charge is -2.36. The van der Waals surface area contributed by atoms with Crippen LogP contribution in [0.2, 0.25) is 5.02 Å². The highest BCUT2D eigenvalue weighted by Gasteiger charge is 2.36. The zero-order valence-corrected chi connectivity index (χ0v) is 17.1. The van der Waals surface area contributed by atoms with E-state index in [2.05, 4.69) is 4.98 Å². The number of hydrogen-bond donors (Lipinski definition) is 0. The molecule has 0 fully saturated rings. The monoisotopic (exact) mass is 400 g/mol. The molecule has 1 amide bonds. The Bertz CT molecular complexity index is 982. The molecule has 1 heterocycles. The highest BCUT2D eigenvalue weighted by atomic mass is 35.5. The van der Waals surface area contributed by atoms with E-state index in [0.29, 0.717) is 5.02 Å². The Morgan fingerprint density at radius 1 is 1.11 bits per heavy atom. The van der Waals surface area contributed by atoms with E-state index in [4.69, 9.17) is 11.6 Å². The van der Waals surface area contributed by atoms with E-state index in [1.807, 2.05) is 56.3 Å². The number of halogens is 1. The van der Waals surface area contributed by atoms with Crippen LogP contribution in [0.3, 0.4) is 0 Å². The maximum atomic E-state index is 13.1. The Balaban J connectivity index is 1.97. The minimum atomic E-state index is -0.732. The average Bonchev–Trinajstić information content (AvgIpc) is 3.07. The lowest BCUT2D eigenvalue weighted by atomic mass is 10.0. The van der Waals surface area contributed by atoms with Crippen molar-refractivity contribution in [3.05, 3.63) is 64.1 Å². The number of nitrogens with zero attached hydrogens (tertiary/aromatic N) is 2. The van der Waals surface area contributed by atoms with Gasteiger partial charge in [0.15, 0.2) is 0 Å². The highest BCUT2D eigenvalue weighted by Crippen LogP contribution is 2.36. The molecule has 3 aromatic rings. The largest absolute Gasteiger partial charge is 0.323 e. The van der Waals surface area contributed by atoms with Gasteiger partial charge in [-0.15, -0.1) is 11.3 Å². The van der Waals surface area contributed by atoms with Gasteiger partial charge in [0.1, 0.15) is 16.3 Å². The summed E-state index contributed by atoms with van der Waals surface area (Å²) in [5, 5.41) is 1.34. The molecule has 0 aliphatic rings. The van der Waals surface area contributed by atoms with Crippen molar-refractivity contribution in [2.75, 3.05) is 6.54 Å². The van der Waals surface area contributed by atoms with Crippen LogP contribution >= 0.6 is 22.9 Å². The minimum Gasteiger partial charge on any atom is -0.323 e. The van der Waals surface area contributed by atoms with Gasteiger partial charge in [0.25, 0.3) is 0 Å². The van der Waals surface area contributed by atoms with Crippen LogP contribution in [0.5, 0.6) is 0 Å². The van der Waals surface area contributed by atoms with Crippen molar-refractivity contribution in [2.24, 2.45) is 0 Å². The summed E-state index contributed by atoms with van der Waals surface area (Å²) in [6.07, 6.45) is 0.239. The number of aromatic nitrogens is 1. The van der Waals surface area contributed by atoms with Gasteiger partial charge in [-0.2, -0.15) is 0 Å². The number of amides is 1. The first-order chi connectivity index (χ1) is 12.8. The average molecular weight is 401 g/mol. The van der Waals surface area contributed by atoms with Gasteiger partial charge in [0.05, 0.1) is 28.2 Å². The van der Waals surface area contributed by atoms with Gasteiger partial charge >= 0.3 is 0 Å². The molecule has 6 heteroatoms. The van der Waals surface area contributed by atoms with E-state index in [1.165, 1.54) is 18.3 Å². The molecule has 3 rings (SSSR count). The van der Waals surface area contributed by atoms with Crippen LogP contribution in [0, 0.1) is 0 Å². The summed E-state index contributed by atoms with van der Waals surface area (Å²) < 4.78 is 0.962. The maximum absolute atomic E-state index is 13.1. The molecule has 140 valence electrons. The third-order valence-electron chi connectivity index (χ3n) is 4.45. The van der Waals surface area contributed by atoms with Crippen LogP contribution in [-0.2, 0) is 21.5 Å². The molecule has 0 saturated heterocycles. The fourth-order valence-corrected chi connectivity index (χ4v) is 4.36. The van der Waals surface area contributed by atoms with Crippen LogP contribution in [-0.4, -0.2) is 28.1 Å². The number of Topliss-reactive ketones (excluding diaryl/α,β-unsaturated/α-hetero) is 1. The minimum absolute atomic E-state index is 0.0440. The van der Waals surface area contributed by atoms with Crippen molar-refractivity contribution >= 4 is 44.8 Å². The Morgan fingerprint density at radius 3 is 2.44 bits per heavy atom. The van der Waals surface area contributed by atoms with Gasteiger partial charge < -0.3 is 4.90 Å². The third-order valence-corrected chi connectivity index (χ3v) is 6.09. The molecule has 0 spiro atoms. The fourth-order valence-electron chi connectivity index (χ4n) is 2.98. The number of benzene rings is 2. The van der Waals surface area contributed by atoms with E-state index in [1.54, 1.807) is 11.0 Å². The van der Waals surface area contributed by atoms with E-state index in [-0.39, 0.29) is 24.7 Å². The zero-order chi connectivity index (χ0) is 19.6. The summed E-state index contributed by atoms with van der Waals surface area (Å²) in [6.45, 7) is 5.38. The SMILES string of the molecule is CC(=O)CN(C(=O)Cc1ccccc1)C(C)(C)c1nc2c(Cl)cccc2s1. The van der Waals surface area contributed by atoms with Gasteiger partial charge in [0.2, 0.25) is 5.91 Å². The molecule has 1 aromatic heterocycles. The van der Waals surface area contributed by atoms with Crippen LogP contribution in [0.4, 0.5) is 0 Å². The number of para-hydroxylation sites is 1. The molecule has 0 bridgehead atoms. The standard InChI is InChI=1S/C21H21ClN2O2S/c1-14(25)13-24(18(26)12-15-8-5-4-6-9-15)21(2,3)20-23-19-16(22)10-7-11-17(19)27-20/h4-11H,12-13H2,1-3H3. The third kappa shape index (κ3) is 4.20. The first-order valence-corrected chi connectivity index (χ1v) is 9.88. The topological polar surface area (TPSA) is 50.3 Å². The van der Waals surface area contributed by atoms with Crippen LogP contribution in [0.1, 0.15) is 31.3 Å². The quantitative estimate of drug-likeness (QED) is 0.594. The van der Waals surface area contributed by atoms with Crippen molar-refractivity contribution in [2.45, 2.75) is 32.7 Å². The number of carbonyl (C=O) groups excluding carboxylic acids is 2. The second-order valence-electron chi connectivity index (χ2n) is 7.01. The number of ketones is 1. The molecular formula is C21H21ClN2O2S. The van der Waals surface area contributed by atoms with Crippen LogP contribution in [0.15, 0.2) is 48.5 Å². The van der Waals surface area contributed by atoms with Crippen LogP contribution < -0.4 is 0 Å². The summed E-state index contributed by atoms with van der Waals surface area (Å²) >= 11 is 7.76. The van der Waals surface area contributed by atoms with Crippen molar-refractivity contribution in [3.8, 4) is 0 Å². The fraction of sp³-hybridized carbons (Fsp3) is 0.286. The van der Waals surface area contributed by atoms with E-state index in [9.17, 15) is 9.59 Å². The summed E-state index contributed by atoms with van der Waals surface area (Å²) in [7, 11) is 0. The van der Waals surface area contributed by atoms with Crippen molar-refractivity contribution in [1.29, 1.82) is 0 Å². The molecular weight excluding hydrogens is 380 g/mol. The number of fused-ring (bicyclic) bond motifs is 1. The zero-order valence-electron chi connectivity index (χ0n) is 15.5. The van der Waals surface area contributed by atoms with E-state index < -0.39 is 5.54 Å². The molecule has 0 radical (unpaired) electrons. The Morgan fingerprint density at radius 2 is 1.81 bits per heavy atom. The second kappa shape index (κ2) is 7.79. The Hall–Kier alpha value is -2.24. The van der Waals surface area contributed by atoms with E-state index >= 15 is 0 Å². The summed E-state index contributed by atoms with van der Waals surface area (Å²) in [4.78, 5) is 31.3. The lowest BCUT2D eigenvalue weighted by Crippen LogP contribution is -2.48. The summed E-state index contributed by atoms with van der Waals surface area (Å²) in [5.74, 6) is -0.171.